The Labute approximate surface area is 534 Å². The average molecular weight is 1260 g/mol. The molecule has 2 atom stereocenters. The Morgan fingerprint density at radius 3 is 0.926 bits per heavy atom. The Kier molecular flexibility index (Phi) is 13.8. The highest BCUT2D eigenvalue weighted by Crippen LogP contribution is 2.62. The molecule has 12 aromatic carbocycles. The first-order chi connectivity index (χ1) is 45.4. The van der Waals surface area contributed by atoms with E-state index in [0.717, 1.165) is 33.4 Å². The van der Waals surface area contributed by atoms with Gasteiger partial charge < -0.3 is 14.4 Å². The lowest BCUT2D eigenvalue weighted by molar-refractivity contribution is 0.363. The van der Waals surface area contributed by atoms with Gasteiger partial charge in [-0.15, -0.1) is 0 Å². The van der Waals surface area contributed by atoms with E-state index in [0.29, 0.717) is 39.4 Å². The highest BCUT2D eigenvalue weighted by atomic mass is 19.2. The fourth-order valence-electron chi connectivity index (χ4n) is 14.6. The van der Waals surface area contributed by atoms with Crippen LogP contribution in [0.5, 0.6) is 23.0 Å². The summed E-state index contributed by atoms with van der Waals surface area (Å²) in [6, 6.07) is 63.2. The van der Waals surface area contributed by atoms with E-state index in [9.17, 15) is 0 Å². The SMILES string of the molecule is C=Cc1ccc(Oc2ccc(C3(c4c(F)c(F)c(F)c(F)c4F)c4ccccc4-c4ccc(N(c5ccc6c(c5)C(C)(C)c5ccccc5-6)c5ccc6c(c5)C(c5ccc(Oc7ccc(C=C)cc7)cc5)(c5c(F)c(F)c(F)c(F)c5F)c5ccccc5-6)cc43)cc2)cc1. The molecule has 12 aromatic rings. The Hall–Kier alpha value is -11.2. The molecule has 15 rings (SSSR count). The number of ether oxygens (including phenoxy) is 2. The van der Waals surface area contributed by atoms with Crippen molar-refractivity contribution in [2.45, 2.75) is 30.1 Å². The summed E-state index contributed by atoms with van der Waals surface area (Å²) < 4.78 is 178. The average Bonchev–Trinajstić information content (AvgIpc) is 1.48. The molecule has 0 spiro atoms. The molecule has 0 heterocycles. The third kappa shape index (κ3) is 8.59. The van der Waals surface area contributed by atoms with E-state index in [2.05, 4.69) is 27.0 Å². The first-order valence-corrected chi connectivity index (χ1v) is 30.0. The van der Waals surface area contributed by atoms with E-state index >= 15 is 43.9 Å². The minimum absolute atomic E-state index is 0.0851. The van der Waals surface area contributed by atoms with Crippen molar-refractivity contribution in [3.05, 3.63) is 363 Å². The molecule has 2 unspecified atom stereocenters. The van der Waals surface area contributed by atoms with Crippen LogP contribution in [0, 0.1) is 58.2 Å². The maximum absolute atomic E-state index is 17.5. The molecule has 3 nitrogen and oxygen atoms in total. The van der Waals surface area contributed by atoms with Crippen LogP contribution in [-0.2, 0) is 16.2 Å². The smallest absolute Gasteiger partial charge is 0.200 e. The molecule has 0 radical (unpaired) electrons. The van der Waals surface area contributed by atoms with Crippen molar-refractivity contribution in [2.75, 3.05) is 4.90 Å². The number of anilines is 3. The molecule has 0 aliphatic heterocycles. The normalized spacial score (nSPS) is 15.9. The molecule has 0 N–H and O–H groups in total. The lowest BCUT2D eigenvalue weighted by Gasteiger charge is -2.36. The van der Waals surface area contributed by atoms with Gasteiger partial charge in [-0.25, -0.2) is 43.9 Å². The number of hydrogen-bond acceptors (Lipinski definition) is 3. The fourth-order valence-corrected chi connectivity index (χ4v) is 14.6. The van der Waals surface area contributed by atoms with Crippen molar-refractivity contribution in [1.29, 1.82) is 0 Å². The van der Waals surface area contributed by atoms with Gasteiger partial charge in [0.15, 0.2) is 46.5 Å². The fraction of sp³-hybridized carbons (Fsp3) is 0.0617. The largest absolute Gasteiger partial charge is 0.457 e. The minimum atomic E-state index is -2.35. The van der Waals surface area contributed by atoms with Crippen LogP contribution >= 0.6 is 0 Å². The van der Waals surface area contributed by atoms with Crippen LogP contribution in [-0.4, -0.2) is 0 Å². The molecule has 0 saturated heterocycles. The molecule has 0 fully saturated rings. The molecule has 94 heavy (non-hydrogen) atoms. The van der Waals surface area contributed by atoms with E-state index in [1.165, 1.54) is 48.5 Å². The molecule has 0 amide bonds. The van der Waals surface area contributed by atoms with Crippen molar-refractivity contribution in [2.24, 2.45) is 0 Å². The summed E-state index contributed by atoms with van der Waals surface area (Å²) in [6.45, 7) is 11.8. The zero-order valence-corrected chi connectivity index (χ0v) is 50.0. The second-order valence-electron chi connectivity index (χ2n) is 24.0. The predicted octanol–water partition coefficient (Wildman–Crippen LogP) is 22.5. The van der Waals surface area contributed by atoms with Gasteiger partial charge in [0, 0.05) is 33.6 Å². The summed E-state index contributed by atoms with van der Waals surface area (Å²) in [6.07, 6.45) is 3.33. The van der Waals surface area contributed by atoms with Gasteiger partial charge in [-0.3, -0.25) is 0 Å². The number of hydrogen-bond donors (Lipinski definition) is 0. The van der Waals surface area contributed by atoms with Crippen molar-refractivity contribution < 1.29 is 53.4 Å². The van der Waals surface area contributed by atoms with E-state index in [-0.39, 0.29) is 56.3 Å². The van der Waals surface area contributed by atoms with Gasteiger partial charge in [-0.1, -0.05) is 179 Å². The van der Waals surface area contributed by atoms with Crippen molar-refractivity contribution >= 4 is 29.2 Å². The minimum Gasteiger partial charge on any atom is -0.457 e. The first kappa shape index (κ1) is 59.1. The van der Waals surface area contributed by atoms with E-state index in [1.54, 1.807) is 151 Å². The van der Waals surface area contributed by atoms with E-state index in [4.69, 9.17) is 9.47 Å². The van der Waals surface area contributed by atoms with Crippen molar-refractivity contribution in [1.82, 2.24) is 0 Å². The quantitative estimate of drug-likeness (QED) is 0.0652. The first-order valence-electron chi connectivity index (χ1n) is 30.0. The molecular formula is C81H49F10NO2. The second-order valence-corrected chi connectivity index (χ2v) is 24.0. The summed E-state index contributed by atoms with van der Waals surface area (Å²) >= 11 is 0. The summed E-state index contributed by atoms with van der Waals surface area (Å²) in [5.74, 6) is -20.3. The molecule has 0 saturated carbocycles. The Morgan fingerprint density at radius 2 is 0.574 bits per heavy atom. The van der Waals surface area contributed by atoms with Gasteiger partial charge in [0.1, 0.15) is 23.0 Å². The van der Waals surface area contributed by atoms with Crippen molar-refractivity contribution in [3.8, 4) is 56.4 Å². The predicted molar refractivity (Wildman–Crippen MR) is 346 cm³/mol. The van der Waals surface area contributed by atoms with Gasteiger partial charge in [-0.05, 0) is 174 Å². The molecule has 460 valence electrons. The van der Waals surface area contributed by atoms with Gasteiger partial charge in [0.25, 0.3) is 0 Å². The summed E-state index contributed by atoms with van der Waals surface area (Å²) in [7, 11) is 0. The Morgan fingerprint density at radius 1 is 0.298 bits per heavy atom. The topological polar surface area (TPSA) is 21.7 Å². The number of halogens is 10. The third-order valence-corrected chi connectivity index (χ3v) is 18.8. The molecule has 3 aliphatic carbocycles. The zero-order valence-electron chi connectivity index (χ0n) is 50.0. The van der Waals surface area contributed by atoms with Crippen LogP contribution in [0.3, 0.4) is 0 Å². The monoisotopic (exact) mass is 1260 g/mol. The Bertz CT molecular complexity index is 4830. The summed E-state index contributed by atoms with van der Waals surface area (Å²) in [4.78, 5) is 1.78. The zero-order chi connectivity index (χ0) is 65.3. The van der Waals surface area contributed by atoms with Gasteiger partial charge in [0.2, 0.25) is 11.6 Å². The number of benzene rings is 12. The van der Waals surface area contributed by atoms with Gasteiger partial charge in [0.05, 0.1) is 10.8 Å². The third-order valence-electron chi connectivity index (χ3n) is 18.8. The lowest BCUT2D eigenvalue weighted by atomic mass is 9.67. The van der Waals surface area contributed by atoms with E-state index < -0.39 is 85.5 Å². The van der Waals surface area contributed by atoms with Gasteiger partial charge >= 0.3 is 0 Å². The van der Waals surface area contributed by atoms with Crippen LogP contribution in [0.25, 0.3) is 45.5 Å². The highest BCUT2D eigenvalue weighted by Gasteiger charge is 2.54. The van der Waals surface area contributed by atoms with Crippen LogP contribution in [0.1, 0.15) is 80.6 Å². The number of nitrogens with zero attached hydrogens (tertiary/aromatic N) is 1. The standard InChI is InChI=1S/C81H49F10NO2/c1-5-44-19-30-51(31-20-44)93-53-34-23-46(24-35-53)80(67-69(82)73(86)77(90)74(87)70(67)83)62-17-11-8-14-56(62)59-39-28-49(42-65(59)80)92(48-27-38-58-55-13-7-10-16-61(55)79(3,4)64(58)41-48)50-29-40-60-57-15-9-12-18-63(57)81(66(60)43-50,68-71(84)75(88)78(91)76(89)72(68)85)47-25-36-54(37-26-47)94-52-32-21-45(6-2)22-33-52/h5-43H,1-2H2,3-4H3. The number of rotatable bonds is 13. The van der Waals surface area contributed by atoms with Crippen LogP contribution in [0.15, 0.2) is 238 Å². The van der Waals surface area contributed by atoms with Crippen LogP contribution in [0.4, 0.5) is 61.0 Å². The molecule has 13 heteroatoms. The maximum atomic E-state index is 17.5. The molecule has 0 aromatic heterocycles. The summed E-state index contributed by atoms with van der Waals surface area (Å²) in [5.41, 5.74) is 1.06. The second kappa shape index (κ2) is 22.0. The molecular weight excluding hydrogens is 1210 g/mol. The molecule has 3 aliphatic rings. The van der Waals surface area contributed by atoms with Gasteiger partial charge in [-0.2, -0.15) is 0 Å². The highest BCUT2D eigenvalue weighted by molar-refractivity contribution is 5.94. The van der Waals surface area contributed by atoms with Crippen LogP contribution < -0.4 is 14.4 Å². The summed E-state index contributed by atoms with van der Waals surface area (Å²) in [5, 5.41) is 0. The van der Waals surface area contributed by atoms with E-state index in [1.807, 2.05) is 42.5 Å². The van der Waals surface area contributed by atoms with Crippen LogP contribution in [0.2, 0.25) is 0 Å². The maximum Gasteiger partial charge on any atom is 0.200 e. The Balaban J connectivity index is 1.00. The molecule has 0 bridgehead atoms. The van der Waals surface area contributed by atoms with Crippen molar-refractivity contribution in [3.63, 3.8) is 0 Å². The lowest BCUT2D eigenvalue weighted by Crippen LogP contribution is -2.33. The number of fused-ring (bicyclic) bond motifs is 9.